The number of benzene rings is 1. The number of hydrogen-bond donors (Lipinski definition) is 1. The Labute approximate surface area is 117 Å². The Morgan fingerprint density at radius 2 is 2.30 bits per heavy atom. The van der Waals surface area contributed by atoms with Crippen molar-refractivity contribution in [1.82, 2.24) is 15.5 Å². The van der Waals surface area contributed by atoms with Crippen molar-refractivity contribution in [1.29, 1.82) is 0 Å². The Morgan fingerprint density at radius 3 is 3.05 bits per heavy atom. The van der Waals surface area contributed by atoms with E-state index in [1.54, 1.807) is 7.11 Å². The molecule has 1 aromatic heterocycles. The first kappa shape index (κ1) is 14.0. The molecule has 2 rings (SSSR count). The van der Waals surface area contributed by atoms with E-state index < -0.39 is 0 Å². The van der Waals surface area contributed by atoms with Gasteiger partial charge in [-0.15, -0.1) is 0 Å². The molecule has 0 spiro atoms. The lowest BCUT2D eigenvalue weighted by atomic mass is 10.2. The Bertz CT molecular complexity index is 581. The van der Waals surface area contributed by atoms with Crippen molar-refractivity contribution >= 4 is 5.91 Å². The molecule has 0 saturated heterocycles. The summed E-state index contributed by atoms with van der Waals surface area (Å²) in [5, 5.41) is 6.62. The Kier molecular flexibility index (Phi) is 4.70. The average molecular weight is 275 g/mol. The highest BCUT2D eigenvalue weighted by Gasteiger charge is 2.10. The molecule has 0 aliphatic heterocycles. The highest BCUT2D eigenvalue weighted by molar-refractivity contribution is 5.75. The van der Waals surface area contributed by atoms with Crippen LogP contribution in [0.2, 0.25) is 0 Å². The summed E-state index contributed by atoms with van der Waals surface area (Å²) in [6.45, 7) is 2.20. The highest BCUT2D eigenvalue weighted by atomic mass is 16.5. The minimum atomic E-state index is -0.0198. The summed E-state index contributed by atoms with van der Waals surface area (Å²) in [6, 6.07) is 7.39. The lowest BCUT2D eigenvalue weighted by Gasteiger charge is -2.00. The fourth-order valence-electron chi connectivity index (χ4n) is 1.70. The summed E-state index contributed by atoms with van der Waals surface area (Å²) in [6.07, 6.45) is 1.31. The SMILES string of the molecule is CCCC(=O)NCc1nc(-c2cccc(OC)c2)no1. The van der Waals surface area contributed by atoms with Gasteiger partial charge in [-0.1, -0.05) is 24.2 Å². The van der Waals surface area contributed by atoms with E-state index in [-0.39, 0.29) is 12.5 Å². The van der Waals surface area contributed by atoms with Crippen molar-refractivity contribution in [3.05, 3.63) is 30.2 Å². The minimum absolute atomic E-state index is 0.0198. The van der Waals surface area contributed by atoms with Crippen LogP contribution in [-0.4, -0.2) is 23.2 Å². The Morgan fingerprint density at radius 1 is 1.45 bits per heavy atom. The van der Waals surface area contributed by atoms with Crippen molar-refractivity contribution in [3.63, 3.8) is 0 Å². The maximum atomic E-state index is 11.4. The largest absolute Gasteiger partial charge is 0.497 e. The van der Waals surface area contributed by atoms with Crippen molar-refractivity contribution < 1.29 is 14.1 Å². The van der Waals surface area contributed by atoms with Crippen LogP contribution in [0.3, 0.4) is 0 Å². The number of nitrogens with one attached hydrogen (secondary N) is 1. The molecule has 1 heterocycles. The average Bonchev–Trinajstić information content (AvgIpc) is 2.94. The predicted molar refractivity (Wildman–Crippen MR) is 73.0 cm³/mol. The van der Waals surface area contributed by atoms with E-state index >= 15 is 0 Å². The van der Waals surface area contributed by atoms with Gasteiger partial charge in [-0.25, -0.2) is 0 Å². The van der Waals surface area contributed by atoms with Crippen LogP contribution in [0.5, 0.6) is 5.75 Å². The van der Waals surface area contributed by atoms with Crippen molar-refractivity contribution in [3.8, 4) is 17.1 Å². The van der Waals surface area contributed by atoms with E-state index in [2.05, 4.69) is 15.5 Å². The second kappa shape index (κ2) is 6.70. The van der Waals surface area contributed by atoms with Gasteiger partial charge in [0.15, 0.2) is 0 Å². The molecule has 106 valence electrons. The molecule has 0 fully saturated rings. The van der Waals surface area contributed by atoms with E-state index in [9.17, 15) is 4.79 Å². The summed E-state index contributed by atoms with van der Waals surface area (Å²) in [5.41, 5.74) is 0.805. The van der Waals surface area contributed by atoms with Gasteiger partial charge in [0.05, 0.1) is 13.7 Å². The van der Waals surface area contributed by atoms with E-state index in [4.69, 9.17) is 9.26 Å². The summed E-state index contributed by atoms with van der Waals surface area (Å²) >= 11 is 0. The summed E-state index contributed by atoms with van der Waals surface area (Å²) < 4.78 is 10.3. The number of methoxy groups -OCH3 is 1. The molecular weight excluding hydrogens is 258 g/mol. The van der Waals surface area contributed by atoms with Gasteiger partial charge in [0, 0.05) is 12.0 Å². The monoisotopic (exact) mass is 275 g/mol. The van der Waals surface area contributed by atoms with Crippen LogP contribution in [0.1, 0.15) is 25.7 Å². The zero-order valence-corrected chi connectivity index (χ0v) is 11.5. The third kappa shape index (κ3) is 3.57. The maximum Gasteiger partial charge on any atom is 0.246 e. The zero-order chi connectivity index (χ0) is 14.4. The van der Waals surface area contributed by atoms with Crippen LogP contribution in [0, 0.1) is 0 Å². The summed E-state index contributed by atoms with van der Waals surface area (Å²) in [7, 11) is 1.60. The Hall–Kier alpha value is -2.37. The molecule has 1 aromatic carbocycles. The van der Waals surface area contributed by atoms with E-state index in [1.165, 1.54) is 0 Å². The number of nitrogens with zero attached hydrogens (tertiary/aromatic N) is 2. The molecule has 1 N–H and O–H groups in total. The summed E-state index contributed by atoms with van der Waals surface area (Å²) in [5.74, 6) is 1.56. The van der Waals surface area contributed by atoms with E-state index in [1.807, 2.05) is 31.2 Å². The number of aromatic nitrogens is 2. The van der Waals surface area contributed by atoms with Crippen molar-refractivity contribution in [2.45, 2.75) is 26.3 Å². The maximum absolute atomic E-state index is 11.4. The third-order valence-electron chi connectivity index (χ3n) is 2.71. The highest BCUT2D eigenvalue weighted by Crippen LogP contribution is 2.21. The lowest BCUT2D eigenvalue weighted by Crippen LogP contribution is -2.22. The third-order valence-corrected chi connectivity index (χ3v) is 2.71. The smallest absolute Gasteiger partial charge is 0.246 e. The molecule has 0 aliphatic carbocycles. The van der Waals surface area contributed by atoms with Crippen molar-refractivity contribution in [2.75, 3.05) is 7.11 Å². The number of hydrogen-bond acceptors (Lipinski definition) is 5. The van der Waals surface area contributed by atoms with Crippen LogP contribution in [-0.2, 0) is 11.3 Å². The van der Waals surface area contributed by atoms with Gasteiger partial charge in [0.2, 0.25) is 17.6 Å². The second-order valence-electron chi connectivity index (χ2n) is 4.27. The van der Waals surface area contributed by atoms with Gasteiger partial charge < -0.3 is 14.6 Å². The van der Waals surface area contributed by atoms with Gasteiger partial charge >= 0.3 is 0 Å². The van der Waals surface area contributed by atoms with Crippen LogP contribution in [0.25, 0.3) is 11.4 Å². The first-order valence-electron chi connectivity index (χ1n) is 6.46. The molecule has 6 heteroatoms. The molecule has 1 amide bonds. The fourth-order valence-corrected chi connectivity index (χ4v) is 1.70. The second-order valence-corrected chi connectivity index (χ2v) is 4.27. The van der Waals surface area contributed by atoms with Gasteiger partial charge in [0.1, 0.15) is 5.75 Å². The van der Waals surface area contributed by atoms with Crippen LogP contribution in [0.15, 0.2) is 28.8 Å². The van der Waals surface area contributed by atoms with Gasteiger partial charge in [-0.3, -0.25) is 4.79 Å². The molecule has 0 bridgehead atoms. The van der Waals surface area contributed by atoms with Crippen LogP contribution in [0.4, 0.5) is 0 Å². The molecular formula is C14H17N3O3. The number of amides is 1. The number of carbonyl (C=O) groups excluding carboxylic acids is 1. The normalized spacial score (nSPS) is 10.3. The molecule has 2 aromatic rings. The fraction of sp³-hybridized carbons (Fsp3) is 0.357. The number of rotatable bonds is 6. The minimum Gasteiger partial charge on any atom is -0.497 e. The topological polar surface area (TPSA) is 77.2 Å². The van der Waals surface area contributed by atoms with Gasteiger partial charge in [0.25, 0.3) is 0 Å². The Balaban J connectivity index is 2.03. The molecule has 0 atom stereocenters. The molecule has 6 nitrogen and oxygen atoms in total. The molecule has 0 radical (unpaired) electrons. The molecule has 0 saturated carbocycles. The first-order valence-corrected chi connectivity index (χ1v) is 6.46. The van der Waals surface area contributed by atoms with Crippen LogP contribution < -0.4 is 10.1 Å². The number of carbonyl (C=O) groups is 1. The molecule has 0 aliphatic rings. The number of ether oxygens (including phenoxy) is 1. The standard InChI is InChI=1S/C14H17N3O3/c1-3-5-12(18)15-9-13-16-14(17-20-13)10-6-4-7-11(8-10)19-2/h4,6-8H,3,5,9H2,1-2H3,(H,15,18). The van der Waals surface area contributed by atoms with Gasteiger partial charge in [-0.2, -0.15) is 4.98 Å². The van der Waals surface area contributed by atoms with Gasteiger partial charge in [-0.05, 0) is 18.6 Å². The predicted octanol–water partition coefficient (Wildman–Crippen LogP) is 2.16. The quantitative estimate of drug-likeness (QED) is 0.874. The zero-order valence-electron chi connectivity index (χ0n) is 11.5. The summed E-state index contributed by atoms with van der Waals surface area (Å²) in [4.78, 5) is 15.6. The molecule has 20 heavy (non-hydrogen) atoms. The lowest BCUT2D eigenvalue weighted by molar-refractivity contribution is -0.121. The van der Waals surface area contributed by atoms with Crippen molar-refractivity contribution in [2.24, 2.45) is 0 Å². The van der Waals surface area contributed by atoms with Crippen LogP contribution >= 0.6 is 0 Å². The first-order chi connectivity index (χ1) is 9.72. The molecule has 0 unspecified atom stereocenters. The van der Waals surface area contributed by atoms with E-state index in [0.717, 1.165) is 17.7 Å². The van der Waals surface area contributed by atoms with E-state index in [0.29, 0.717) is 18.1 Å².